The molecule has 8 heteroatoms. The van der Waals surface area contributed by atoms with Crippen molar-refractivity contribution in [3.05, 3.63) is 11.7 Å². The molecule has 2 heterocycles. The normalized spacial score (nSPS) is 29.8. The van der Waals surface area contributed by atoms with Crippen LogP contribution in [0.15, 0.2) is 9.52 Å². The quantitative estimate of drug-likeness (QED) is 0.385. The number of nitrogens with one attached hydrogen (secondary N) is 2. The molecule has 0 amide bonds. The summed E-state index contributed by atoms with van der Waals surface area (Å²) in [6, 6.07) is 0.746. The summed E-state index contributed by atoms with van der Waals surface area (Å²) >= 11 is 0. The highest BCUT2D eigenvalue weighted by atomic mass is 127. The van der Waals surface area contributed by atoms with Crippen LogP contribution in [0.5, 0.6) is 0 Å². The van der Waals surface area contributed by atoms with Crippen molar-refractivity contribution in [2.24, 2.45) is 10.9 Å². The van der Waals surface area contributed by atoms with Crippen LogP contribution in [-0.2, 0) is 11.3 Å². The Bertz CT molecular complexity index is 598. The van der Waals surface area contributed by atoms with E-state index in [0.717, 1.165) is 31.2 Å². The molecule has 3 aliphatic rings. The van der Waals surface area contributed by atoms with Crippen molar-refractivity contribution in [2.45, 2.75) is 76.6 Å². The topological polar surface area (TPSA) is 84.6 Å². The molecule has 1 aromatic rings. The number of hydrogen-bond acceptors (Lipinski definition) is 5. The van der Waals surface area contributed by atoms with Gasteiger partial charge in [0.25, 0.3) is 0 Å². The highest BCUT2D eigenvalue weighted by Crippen LogP contribution is 2.38. The van der Waals surface area contributed by atoms with Gasteiger partial charge in [0.15, 0.2) is 11.8 Å². The first-order chi connectivity index (χ1) is 11.7. The Morgan fingerprint density at radius 2 is 2.16 bits per heavy atom. The summed E-state index contributed by atoms with van der Waals surface area (Å²) in [7, 11) is 0. The van der Waals surface area contributed by atoms with Crippen LogP contribution >= 0.6 is 24.0 Å². The molecule has 4 atom stereocenters. The minimum atomic E-state index is 0. The average molecular weight is 461 g/mol. The van der Waals surface area contributed by atoms with E-state index in [2.05, 4.69) is 39.6 Å². The Balaban J connectivity index is 0.00000182. The van der Waals surface area contributed by atoms with E-state index in [1.54, 1.807) is 0 Å². The Kier molecular flexibility index (Phi) is 6.19. The first kappa shape index (κ1) is 18.9. The zero-order valence-electron chi connectivity index (χ0n) is 14.9. The predicted octanol–water partition coefficient (Wildman–Crippen LogP) is 2.58. The number of halogens is 1. The molecule has 7 nitrogen and oxygen atoms in total. The molecular weight excluding hydrogens is 433 g/mol. The molecule has 0 radical (unpaired) electrons. The van der Waals surface area contributed by atoms with Gasteiger partial charge in [-0.25, -0.2) is 4.99 Å². The fourth-order valence-corrected chi connectivity index (χ4v) is 3.12. The van der Waals surface area contributed by atoms with Crippen molar-refractivity contribution in [1.82, 2.24) is 20.8 Å². The lowest BCUT2D eigenvalue weighted by Gasteiger charge is -2.22. The number of ether oxygens (including phenoxy) is 1. The fraction of sp³-hybridized carbons (Fsp3) is 0.824. The van der Waals surface area contributed by atoms with Crippen LogP contribution < -0.4 is 10.6 Å². The third kappa shape index (κ3) is 5.06. The van der Waals surface area contributed by atoms with Gasteiger partial charge in [0.1, 0.15) is 6.54 Å². The molecule has 25 heavy (non-hydrogen) atoms. The number of rotatable bonds is 6. The Morgan fingerprint density at radius 1 is 1.36 bits per heavy atom. The smallest absolute Gasteiger partial charge is 0.248 e. The first-order valence-corrected chi connectivity index (χ1v) is 9.20. The molecule has 1 saturated heterocycles. The number of hydrogen-bond donors (Lipinski definition) is 2. The zero-order valence-corrected chi connectivity index (χ0v) is 17.2. The van der Waals surface area contributed by atoms with Gasteiger partial charge in [0.05, 0.1) is 12.1 Å². The van der Waals surface area contributed by atoms with Crippen LogP contribution in [0.3, 0.4) is 0 Å². The van der Waals surface area contributed by atoms with Gasteiger partial charge in [-0.1, -0.05) is 12.1 Å². The Labute approximate surface area is 165 Å². The molecule has 0 bridgehead atoms. The summed E-state index contributed by atoms with van der Waals surface area (Å²) < 4.78 is 11.1. The van der Waals surface area contributed by atoms with E-state index in [1.165, 1.54) is 19.3 Å². The van der Waals surface area contributed by atoms with E-state index < -0.39 is 0 Å². The predicted molar refractivity (Wildman–Crippen MR) is 105 cm³/mol. The molecule has 0 spiro atoms. The lowest BCUT2D eigenvalue weighted by Crippen LogP contribution is -2.48. The Morgan fingerprint density at radius 3 is 2.80 bits per heavy atom. The minimum Gasteiger partial charge on any atom is -0.376 e. The molecule has 0 aromatic carbocycles. The summed E-state index contributed by atoms with van der Waals surface area (Å²) in [5.41, 5.74) is 0. The zero-order chi connectivity index (χ0) is 16.5. The van der Waals surface area contributed by atoms with Crippen molar-refractivity contribution in [3.63, 3.8) is 0 Å². The minimum absolute atomic E-state index is 0. The van der Waals surface area contributed by atoms with Gasteiger partial charge in [-0.15, -0.1) is 24.0 Å². The van der Waals surface area contributed by atoms with Gasteiger partial charge in [-0.2, -0.15) is 4.98 Å². The summed E-state index contributed by atoms with van der Waals surface area (Å²) in [4.78, 5) is 9.10. The van der Waals surface area contributed by atoms with Gasteiger partial charge in [-0.3, -0.25) is 0 Å². The summed E-state index contributed by atoms with van der Waals surface area (Å²) in [5, 5.41) is 11.0. The molecular formula is C17H28IN5O2. The van der Waals surface area contributed by atoms with Crippen LogP contribution in [0.4, 0.5) is 0 Å². The second kappa shape index (κ2) is 8.20. The van der Waals surface area contributed by atoms with Crippen LogP contribution in [0.25, 0.3) is 0 Å². The SMILES string of the molecule is CC1CC1NC(=NCc1nc(C2CC2)no1)NC(C)C1CCCO1.I. The molecule has 1 aliphatic heterocycles. The van der Waals surface area contributed by atoms with Crippen LogP contribution in [0.2, 0.25) is 0 Å². The van der Waals surface area contributed by atoms with Crippen molar-refractivity contribution in [2.75, 3.05) is 6.61 Å². The molecule has 4 unspecified atom stereocenters. The summed E-state index contributed by atoms with van der Waals surface area (Å²) in [6.45, 7) is 5.68. The van der Waals surface area contributed by atoms with Gasteiger partial charge < -0.3 is 19.9 Å². The number of aliphatic imine (C=N–C) groups is 1. The van der Waals surface area contributed by atoms with E-state index >= 15 is 0 Å². The maximum atomic E-state index is 5.77. The molecule has 3 fully saturated rings. The van der Waals surface area contributed by atoms with Crippen molar-refractivity contribution in [3.8, 4) is 0 Å². The number of aromatic nitrogens is 2. The fourth-order valence-electron chi connectivity index (χ4n) is 3.12. The van der Waals surface area contributed by atoms with E-state index in [9.17, 15) is 0 Å². The number of nitrogens with zero attached hydrogens (tertiary/aromatic N) is 3. The van der Waals surface area contributed by atoms with E-state index in [1.807, 2.05) is 0 Å². The standard InChI is InChI=1S/C17H27N5O2.HI/c1-10-8-13(10)20-17(19-11(2)14-4-3-7-23-14)18-9-15-21-16(22-24-15)12-5-6-12;/h10-14H,3-9H2,1-2H3,(H2,18,19,20);1H. The lowest BCUT2D eigenvalue weighted by molar-refractivity contribution is 0.0890. The molecule has 140 valence electrons. The molecule has 1 aromatic heterocycles. The Hall–Kier alpha value is -0.900. The van der Waals surface area contributed by atoms with Gasteiger partial charge in [-0.05, 0) is 44.9 Å². The highest BCUT2D eigenvalue weighted by molar-refractivity contribution is 14.0. The van der Waals surface area contributed by atoms with Crippen molar-refractivity contribution < 1.29 is 9.26 Å². The molecule has 2 saturated carbocycles. The maximum Gasteiger partial charge on any atom is 0.248 e. The van der Waals surface area contributed by atoms with Crippen molar-refractivity contribution in [1.29, 1.82) is 0 Å². The van der Waals surface area contributed by atoms with Gasteiger partial charge in [0, 0.05) is 18.6 Å². The van der Waals surface area contributed by atoms with E-state index in [0.29, 0.717) is 30.3 Å². The van der Waals surface area contributed by atoms with Gasteiger partial charge in [0.2, 0.25) is 5.89 Å². The summed E-state index contributed by atoms with van der Waals surface area (Å²) in [5.74, 6) is 3.46. The monoisotopic (exact) mass is 461 g/mol. The van der Waals surface area contributed by atoms with Gasteiger partial charge >= 0.3 is 0 Å². The van der Waals surface area contributed by atoms with Crippen LogP contribution in [-0.4, -0.2) is 40.9 Å². The third-order valence-electron chi connectivity index (χ3n) is 5.12. The molecule has 2 aliphatic carbocycles. The van der Waals surface area contributed by atoms with Crippen LogP contribution in [0.1, 0.15) is 63.6 Å². The van der Waals surface area contributed by atoms with E-state index in [-0.39, 0.29) is 36.1 Å². The second-order valence-corrected chi connectivity index (χ2v) is 7.43. The molecule has 2 N–H and O–H groups in total. The average Bonchev–Trinajstić information content (AvgIpc) is 3.40. The first-order valence-electron chi connectivity index (χ1n) is 9.20. The lowest BCUT2D eigenvalue weighted by atomic mass is 10.1. The maximum absolute atomic E-state index is 5.77. The number of guanidine groups is 1. The third-order valence-corrected chi connectivity index (χ3v) is 5.12. The molecule has 4 rings (SSSR count). The highest BCUT2D eigenvalue weighted by Gasteiger charge is 2.34. The second-order valence-electron chi connectivity index (χ2n) is 7.43. The van der Waals surface area contributed by atoms with Crippen LogP contribution in [0, 0.1) is 5.92 Å². The van der Waals surface area contributed by atoms with E-state index in [4.69, 9.17) is 9.26 Å². The summed E-state index contributed by atoms with van der Waals surface area (Å²) in [6.07, 6.45) is 6.06. The largest absolute Gasteiger partial charge is 0.376 e. The van der Waals surface area contributed by atoms with Crippen molar-refractivity contribution >= 4 is 29.9 Å².